The van der Waals surface area contributed by atoms with Crippen LogP contribution in [0.15, 0.2) is 162 Å². The Bertz CT molecular complexity index is 2040. The molecule has 4 atom stereocenters. The summed E-state index contributed by atoms with van der Waals surface area (Å²) in [6.45, 7) is 6.87. The van der Waals surface area contributed by atoms with Crippen molar-refractivity contribution in [1.82, 2.24) is 5.32 Å². The fourth-order valence-corrected chi connectivity index (χ4v) is 7.84. The Kier molecular flexibility index (Phi) is 10.4. The van der Waals surface area contributed by atoms with E-state index in [1.165, 1.54) is 16.7 Å². The zero-order chi connectivity index (χ0) is 35.4. The van der Waals surface area contributed by atoms with Gasteiger partial charge in [-0.15, -0.1) is 11.8 Å². The second kappa shape index (κ2) is 15.3. The zero-order valence-corrected chi connectivity index (χ0v) is 30.6. The van der Waals surface area contributed by atoms with Gasteiger partial charge < -0.3 is 16.8 Å². The average Bonchev–Trinajstić information content (AvgIpc) is 3.18. The van der Waals surface area contributed by atoms with E-state index >= 15 is 0 Å². The summed E-state index contributed by atoms with van der Waals surface area (Å²) < 4.78 is 0. The van der Waals surface area contributed by atoms with Crippen LogP contribution in [0.1, 0.15) is 62.1 Å². The van der Waals surface area contributed by atoms with Crippen molar-refractivity contribution in [3.05, 3.63) is 173 Å². The van der Waals surface area contributed by atoms with Crippen molar-refractivity contribution in [1.29, 1.82) is 0 Å². The zero-order valence-electron chi connectivity index (χ0n) is 29.8. The van der Waals surface area contributed by atoms with Gasteiger partial charge in [0, 0.05) is 5.70 Å². The topological polar surface area (TPSA) is 76.4 Å². The highest BCUT2D eigenvalue weighted by Gasteiger charge is 2.25. The molecular formula is C46H48N4S. The normalized spacial score (nSPS) is 20.0. The molecule has 7 rings (SSSR count). The molecular weight excluding hydrogens is 641 g/mol. The van der Waals surface area contributed by atoms with Gasteiger partial charge in [0.05, 0.1) is 16.5 Å². The van der Waals surface area contributed by atoms with E-state index < -0.39 is 0 Å². The number of nitrogens with one attached hydrogen (secondary N) is 1. The van der Waals surface area contributed by atoms with E-state index in [1.54, 1.807) is 11.8 Å². The van der Waals surface area contributed by atoms with Gasteiger partial charge in [-0.25, -0.2) is 0 Å². The standard InChI is InChI=1S/C46H48N4S/c1-46(2,3)40-26-24-34(25-27-40)43(47)51-44(48)39-19-11-17-37(29-39)32-22-20-31(21-23-32)36-16-10-18-38(28-36)42-30-41(33-12-6-4-7-13-33)49-45(50-42)35-14-8-5-9-15-35/h4,6-8,10-26,28-30,40,43-45,50H,5,9,27,47-48H2,1-3H3. The number of rotatable bonds is 9. The third kappa shape index (κ3) is 8.28. The minimum atomic E-state index is -0.225. The summed E-state index contributed by atoms with van der Waals surface area (Å²) in [6, 6.07) is 36.6. The van der Waals surface area contributed by atoms with Crippen LogP contribution in [0.4, 0.5) is 0 Å². The summed E-state index contributed by atoms with van der Waals surface area (Å²) in [5, 5.41) is 3.34. The third-order valence-electron chi connectivity index (χ3n) is 10.1. The molecule has 2 aliphatic carbocycles. The van der Waals surface area contributed by atoms with E-state index in [4.69, 9.17) is 16.5 Å². The summed E-state index contributed by atoms with van der Waals surface area (Å²) in [6.07, 6.45) is 18.7. The van der Waals surface area contributed by atoms with Crippen molar-refractivity contribution >= 4 is 23.2 Å². The highest BCUT2D eigenvalue weighted by molar-refractivity contribution is 8.00. The summed E-state index contributed by atoms with van der Waals surface area (Å²) in [5.41, 5.74) is 26.0. The summed E-state index contributed by atoms with van der Waals surface area (Å²) in [7, 11) is 0. The van der Waals surface area contributed by atoms with E-state index in [1.807, 2.05) is 6.07 Å². The van der Waals surface area contributed by atoms with Crippen LogP contribution >= 0.6 is 11.8 Å². The van der Waals surface area contributed by atoms with Gasteiger partial charge in [-0.2, -0.15) is 0 Å². The van der Waals surface area contributed by atoms with Crippen LogP contribution in [0, 0.1) is 11.3 Å². The highest BCUT2D eigenvalue weighted by atomic mass is 32.2. The van der Waals surface area contributed by atoms with Gasteiger partial charge >= 0.3 is 0 Å². The number of nitrogens with zero attached hydrogens (tertiary/aromatic N) is 1. The lowest BCUT2D eigenvalue weighted by molar-refractivity contribution is 0.293. The molecule has 1 heterocycles. The van der Waals surface area contributed by atoms with Gasteiger partial charge in [-0.3, -0.25) is 4.99 Å². The Morgan fingerprint density at radius 3 is 2.06 bits per heavy atom. The molecule has 0 amide bonds. The highest BCUT2D eigenvalue weighted by Crippen LogP contribution is 2.37. The maximum atomic E-state index is 6.72. The lowest BCUT2D eigenvalue weighted by atomic mass is 9.76. The molecule has 1 aliphatic heterocycles. The number of hydrogen-bond donors (Lipinski definition) is 3. The third-order valence-corrected chi connectivity index (χ3v) is 11.2. The van der Waals surface area contributed by atoms with Gasteiger partial charge in [0.15, 0.2) is 0 Å². The maximum Gasteiger partial charge on any atom is 0.145 e. The summed E-state index contributed by atoms with van der Waals surface area (Å²) in [5.74, 6) is 0.531. The smallest absolute Gasteiger partial charge is 0.145 e. The fourth-order valence-electron chi connectivity index (χ4n) is 6.88. The Hall–Kier alpha value is -4.68. The van der Waals surface area contributed by atoms with Crippen molar-refractivity contribution in [2.45, 2.75) is 56.9 Å². The van der Waals surface area contributed by atoms with E-state index in [0.717, 1.165) is 64.1 Å². The lowest BCUT2D eigenvalue weighted by Gasteiger charge is -2.30. The number of hydrogen-bond acceptors (Lipinski definition) is 5. The lowest BCUT2D eigenvalue weighted by Crippen LogP contribution is -2.32. The number of thioether (sulfide) groups is 1. The monoisotopic (exact) mass is 688 g/mol. The molecule has 4 aromatic carbocycles. The van der Waals surface area contributed by atoms with Gasteiger partial charge in [-0.05, 0) is 98.9 Å². The van der Waals surface area contributed by atoms with Crippen LogP contribution in [0.25, 0.3) is 28.0 Å². The van der Waals surface area contributed by atoms with Gasteiger partial charge in [0.1, 0.15) is 6.17 Å². The predicted octanol–water partition coefficient (Wildman–Crippen LogP) is 10.6. The Morgan fingerprint density at radius 2 is 1.39 bits per heavy atom. The second-order valence-electron chi connectivity index (χ2n) is 14.7. The molecule has 5 N–H and O–H groups in total. The molecule has 3 aliphatic rings. The van der Waals surface area contributed by atoms with Crippen LogP contribution < -0.4 is 16.8 Å². The molecule has 5 heteroatoms. The molecule has 51 heavy (non-hydrogen) atoms. The van der Waals surface area contributed by atoms with Crippen LogP contribution in [0.5, 0.6) is 0 Å². The molecule has 0 spiro atoms. The van der Waals surface area contributed by atoms with Gasteiger partial charge in [0.2, 0.25) is 0 Å². The minimum absolute atomic E-state index is 0.125. The Labute approximate surface area is 307 Å². The molecule has 0 saturated heterocycles. The van der Waals surface area contributed by atoms with Crippen molar-refractivity contribution in [2.24, 2.45) is 27.8 Å². The minimum Gasteiger partial charge on any atom is -0.360 e. The first-order chi connectivity index (χ1) is 24.7. The molecule has 0 fully saturated rings. The molecule has 4 unspecified atom stereocenters. The molecule has 4 nitrogen and oxygen atoms in total. The number of nitrogens with two attached hydrogens (primary N) is 2. The van der Waals surface area contributed by atoms with E-state index in [9.17, 15) is 0 Å². The summed E-state index contributed by atoms with van der Waals surface area (Å²) >= 11 is 1.60. The van der Waals surface area contributed by atoms with Crippen molar-refractivity contribution < 1.29 is 0 Å². The molecule has 258 valence electrons. The first-order valence-corrected chi connectivity index (χ1v) is 19.0. The fraction of sp³-hybridized carbons (Fsp3) is 0.239. The molecule has 0 bridgehead atoms. The van der Waals surface area contributed by atoms with Gasteiger partial charge in [-0.1, -0.05) is 148 Å². The number of allylic oxidation sites excluding steroid dienone is 5. The first kappa shape index (κ1) is 34.8. The predicted molar refractivity (Wildman–Crippen MR) is 219 cm³/mol. The quantitative estimate of drug-likeness (QED) is 0.153. The molecule has 0 aromatic heterocycles. The van der Waals surface area contributed by atoms with Crippen molar-refractivity contribution in [3.63, 3.8) is 0 Å². The van der Waals surface area contributed by atoms with E-state index in [-0.39, 0.29) is 22.3 Å². The van der Waals surface area contributed by atoms with Gasteiger partial charge in [0.25, 0.3) is 0 Å². The SMILES string of the molecule is CC(C)(C)C1C=CC(C(N)SC(N)c2cccc(-c3ccc(-c4cccc(C5=CC(c6ccccc6)=NC(C6=CCCC=C6)N5)c4)cc3)c2)=CC1. The van der Waals surface area contributed by atoms with Crippen molar-refractivity contribution in [3.8, 4) is 22.3 Å². The van der Waals surface area contributed by atoms with Crippen LogP contribution in [0.2, 0.25) is 0 Å². The average molecular weight is 689 g/mol. The van der Waals surface area contributed by atoms with E-state index in [2.05, 4.69) is 166 Å². The molecule has 4 aromatic rings. The van der Waals surface area contributed by atoms with Crippen LogP contribution in [-0.2, 0) is 0 Å². The Balaban J connectivity index is 1.07. The summed E-state index contributed by atoms with van der Waals surface area (Å²) in [4.78, 5) is 5.12. The van der Waals surface area contributed by atoms with Crippen LogP contribution in [-0.4, -0.2) is 17.3 Å². The molecule has 0 saturated carbocycles. The Morgan fingerprint density at radius 1 is 0.706 bits per heavy atom. The number of benzene rings is 4. The van der Waals surface area contributed by atoms with E-state index in [0.29, 0.717) is 5.92 Å². The van der Waals surface area contributed by atoms with Crippen molar-refractivity contribution in [2.75, 3.05) is 0 Å². The first-order valence-electron chi connectivity index (χ1n) is 18.1. The largest absolute Gasteiger partial charge is 0.360 e. The maximum absolute atomic E-state index is 6.72. The second-order valence-corrected chi connectivity index (χ2v) is 16.0. The number of aliphatic imine (C=N–C) groups is 1. The molecule has 0 radical (unpaired) electrons. The van der Waals surface area contributed by atoms with Crippen LogP contribution in [0.3, 0.4) is 0 Å².